The molecular weight excluding hydrogens is 219 g/mol. The van der Waals surface area contributed by atoms with E-state index in [1.54, 1.807) is 23.1 Å². The highest BCUT2D eigenvalue weighted by Gasteiger charge is 2.25. The minimum Gasteiger partial charge on any atom is -0.300 e. The number of aromatic amines is 1. The van der Waals surface area contributed by atoms with Crippen molar-refractivity contribution in [3.63, 3.8) is 0 Å². The van der Waals surface area contributed by atoms with Crippen molar-refractivity contribution in [2.75, 3.05) is 0 Å². The van der Waals surface area contributed by atoms with Crippen LogP contribution >= 0.6 is 0 Å². The molecule has 0 aliphatic carbocycles. The molecule has 2 aromatic rings. The third kappa shape index (κ3) is 1.46. The predicted molar refractivity (Wildman–Crippen MR) is 58.8 cm³/mol. The zero-order valence-corrected chi connectivity index (χ0v) is 8.94. The average molecular weight is 228 g/mol. The van der Waals surface area contributed by atoms with E-state index in [0.717, 1.165) is 11.3 Å². The summed E-state index contributed by atoms with van der Waals surface area (Å²) in [6.07, 6.45) is 2.08. The van der Waals surface area contributed by atoms with Gasteiger partial charge in [-0.1, -0.05) is 12.1 Å². The molecule has 0 atom stereocenters. The standard InChI is InChI=1S/C12H9FN4/c13-10-4-2-1-3-8(10)12-9-5-17(7-14)6-11(9)15-16-12/h1-4H,5-6H2,(H,15,16). The van der Waals surface area contributed by atoms with Crippen molar-refractivity contribution < 1.29 is 4.39 Å². The summed E-state index contributed by atoms with van der Waals surface area (Å²) in [6, 6.07) is 6.53. The number of aromatic nitrogens is 2. The van der Waals surface area contributed by atoms with Crippen molar-refractivity contribution in [3.8, 4) is 17.5 Å². The number of nitriles is 1. The lowest BCUT2D eigenvalue weighted by atomic mass is 10.1. The molecule has 5 heteroatoms. The van der Waals surface area contributed by atoms with E-state index in [1.807, 2.05) is 0 Å². The topological polar surface area (TPSA) is 55.7 Å². The van der Waals surface area contributed by atoms with Gasteiger partial charge in [-0.15, -0.1) is 0 Å². The van der Waals surface area contributed by atoms with Crippen molar-refractivity contribution in [2.45, 2.75) is 13.1 Å². The zero-order valence-electron chi connectivity index (χ0n) is 8.94. The average Bonchev–Trinajstić information content (AvgIpc) is 2.89. The van der Waals surface area contributed by atoms with Gasteiger partial charge in [-0.2, -0.15) is 10.4 Å². The number of benzene rings is 1. The Morgan fingerprint density at radius 2 is 2.18 bits per heavy atom. The van der Waals surface area contributed by atoms with Crippen LogP contribution in [0.25, 0.3) is 11.3 Å². The first-order chi connectivity index (χ1) is 8.29. The van der Waals surface area contributed by atoms with Gasteiger partial charge in [0.2, 0.25) is 0 Å². The molecule has 0 unspecified atom stereocenters. The Balaban J connectivity index is 2.09. The number of H-pyrrole nitrogens is 1. The first kappa shape index (κ1) is 9.85. The quantitative estimate of drug-likeness (QED) is 0.759. The fourth-order valence-corrected chi connectivity index (χ4v) is 2.09. The van der Waals surface area contributed by atoms with Gasteiger partial charge in [-0.25, -0.2) is 4.39 Å². The first-order valence-electron chi connectivity index (χ1n) is 5.25. The Bertz CT molecular complexity index is 611. The van der Waals surface area contributed by atoms with E-state index in [1.165, 1.54) is 6.07 Å². The van der Waals surface area contributed by atoms with E-state index < -0.39 is 0 Å². The maximum Gasteiger partial charge on any atom is 0.180 e. The molecule has 3 rings (SSSR count). The summed E-state index contributed by atoms with van der Waals surface area (Å²) in [6.45, 7) is 1.01. The second-order valence-electron chi connectivity index (χ2n) is 3.97. The molecule has 0 spiro atoms. The van der Waals surface area contributed by atoms with E-state index in [2.05, 4.69) is 16.4 Å². The summed E-state index contributed by atoms with van der Waals surface area (Å²) in [5.41, 5.74) is 2.89. The van der Waals surface area contributed by atoms with Crippen LogP contribution in [0.15, 0.2) is 24.3 Å². The van der Waals surface area contributed by atoms with E-state index in [-0.39, 0.29) is 5.82 Å². The minimum absolute atomic E-state index is 0.294. The summed E-state index contributed by atoms with van der Waals surface area (Å²) in [5.74, 6) is -0.294. The molecule has 1 aromatic carbocycles. The van der Waals surface area contributed by atoms with Crippen LogP contribution in [-0.2, 0) is 13.1 Å². The van der Waals surface area contributed by atoms with Crippen LogP contribution in [-0.4, -0.2) is 15.1 Å². The zero-order chi connectivity index (χ0) is 11.8. The van der Waals surface area contributed by atoms with Crippen LogP contribution in [0.2, 0.25) is 0 Å². The molecule has 84 valence electrons. The lowest BCUT2D eigenvalue weighted by Gasteiger charge is -2.05. The Labute approximate surface area is 97.3 Å². The van der Waals surface area contributed by atoms with Gasteiger partial charge in [0.1, 0.15) is 11.5 Å². The third-order valence-electron chi connectivity index (χ3n) is 2.92. The number of hydrogen-bond donors (Lipinski definition) is 1. The van der Waals surface area contributed by atoms with E-state index in [0.29, 0.717) is 24.3 Å². The van der Waals surface area contributed by atoms with E-state index >= 15 is 0 Å². The van der Waals surface area contributed by atoms with Crippen molar-refractivity contribution in [2.24, 2.45) is 0 Å². The van der Waals surface area contributed by atoms with E-state index in [9.17, 15) is 4.39 Å². The van der Waals surface area contributed by atoms with Gasteiger partial charge < -0.3 is 4.90 Å². The SMILES string of the molecule is N#CN1Cc2[nH]nc(-c3ccccc3F)c2C1. The molecule has 0 fully saturated rings. The molecule has 0 bridgehead atoms. The fraction of sp³-hybridized carbons (Fsp3) is 0.167. The fourth-order valence-electron chi connectivity index (χ4n) is 2.09. The summed E-state index contributed by atoms with van der Waals surface area (Å²) >= 11 is 0. The second kappa shape index (κ2) is 3.59. The van der Waals surface area contributed by atoms with Gasteiger partial charge in [-0.05, 0) is 12.1 Å². The molecular formula is C12H9FN4. The van der Waals surface area contributed by atoms with Gasteiger partial charge in [-0.3, -0.25) is 5.10 Å². The monoisotopic (exact) mass is 228 g/mol. The number of halogens is 1. The molecule has 1 aliphatic rings. The van der Waals surface area contributed by atoms with Crippen LogP contribution in [0.1, 0.15) is 11.3 Å². The molecule has 1 aromatic heterocycles. The molecule has 0 saturated heterocycles. The second-order valence-corrected chi connectivity index (χ2v) is 3.97. The van der Waals surface area contributed by atoms with Gasteiger partial charge in [0.05, 0.1) is 18.8 Å². The van der Waals surface area contributed by atoms with Crippen LogP contribution < -0.4 is 0 Å². The highest BCUT2D eigenvalue weighted by molar-refractivity contribution is 5.65. The Morgan fingerprint density at radius 3 is 2.94 bits per heavy atom. The van der Waals surface area contributed by atoms with Crippen molar-refractivity contribution in [1.82, 2.24) is 15.1 Å². The highest BCUT2D eigenvalue weighted by atomic mass is 19.1. The maximum atomic E-state index is 13.7. The third-order valence-corrected chi connectivity index (χ3v) is 2.92. The minimum atomic E-state index is -0.294. The van der Waals surface area contributed by atoms with Gasteiger partial charge >= 0.3 is 0 Å². The number of fused-ring (bicyclic) bond motifs is 1. The lowest BCUT2D eigenvalue weighted by Crippen LogP contribution is -2.08. The Kier molecular flexibility index (Phi) is 2.08. The lowest BCUT2D eigenvalue weighted by molar-refractivity contribution is 0.412. The molecule has 0 radical (unpaired) electrons. The molecule has 2 heterocycles. The van der Waals surface area contributed by atoms with Crippen LogP contribution in [0.5, 0.6) is 0 Å². The number of hydrogen-bond acceptors (Lipinski definition) is 3. The van der Waals surface area contributed by atoms with Crippen molar-refractivity contribution in [1.29, 1.82) is 5.26 Å². The molecule has 0 saturated carbocycles. The molecule has 4 nitrogen and oxygen atoms in total. The van der Waals surface area contributed by atoms with Crippen molar-refractivity contribution in [3.05, 3.63) is 41.3 Å². The van der Waals surface area contributed by atoms with Crippen LogP contribution in [0, 0.1) is 17.3 Å². The molecule has 1 aliphatic heterocycles. The normalized spacial score (nSPS) is 13.5. The van der Waals surface area contributed by atoms with Crippen molar-refractivity contribution >= 4 is 0 Å². The Morgan fingerprint density at radius 1 is 1.35 bits per heavy atom. The number of rotatable bonds is 1. The number of nitrogens with one attached hydrogen (secondary N) is 1. The smallest absolute Gasteiger partial charge is 0.180 e. The largest absolute Gasteiger partial charge is 0.300 e. The van der Waals surface area contributed by atoms with Gasteiger partial charge in [0.25, 0.3) is 0 Å². The Hall–Kier alpha value is -2.35. The number of nitrogens with zero attached hydrogens (tertiary/aromatic N) is 3. The summed E-state index contributed by atoms with van der Waals surface area (Å²) in [7, 11) is 0. The molecule has 0 amide bonds. The van der Waals surface area contributed by atoms with Gasteiger partial charge in [0, 0.05) is 11.1 Å². The summed E-state index contributed by atoms with van der Waals surface area (Å²) in [4.78, 5) is 1.60. The maximum absolute atomic E-state index is 13.7. The first-order valence-corrected chi connectivity index (χ1v) is 5.25. The highest BCUT2D eigenvalue weighted by Crippen LogP contribution is 2.31. The van der Waals surface area contributed by atoms with Crippen LogP contribution in [0.3, 0.4) is 0 Å². The molecule has 1 N–H and O–H groups in total. The summed E-state index contributed by atoms with van der Waals surface area (Å²) < 4.78 is 13.7. The summed E-state index contributed by atoms with van der Waals surface area (Å²) in [5, 5.41) is 15.8. The molecule has 17 heavy (non-hydrogen) atoms. The van der Waals surface area contributed by atoms with Crippen LogP contribution in [0.4, 0.5) is 4.39 Å². The van der Waals surface area contributed by atoms with E-state index in [4.69, 9.17) is 5.26 Å². The van der Waals surface area contributed by atoms with Gasteiger partial charge in [0.15, 0.2) is 6.19 Å². The predicted octanol–water partition coefficient (Wildman–Crippen LogP) is 2.01.